The minimum absolute atomic E-state index is 0. The van der Waals surface area contributed by atoms with Crippen LogP contribution in [0.15, 0.2) is 152 Å². The van der Waals surface area contributed by atoms with Crippen LogP contribution in [-0.4, -0.2) is 19.4 Å². The Kier molecular flexibility index (Phi) is 6.28. The van der Waals surface area contributed by atoms with Gasteiger partial charge >= 0.3 is 0 Å². The van der Waals surface area contributed by atoms with Gasteiger partial charge in [0.25, 0.3) is 0 Å². The Balaban J connectivity index is 0.00000410. The Morgan fingerprint density at radius 3 is 2.49 bits per heavy atom. The van der Waals surface area contributed by atoms with Gasteiger partial charge in [0, 0.05) is 56.0 Å². The van der Waals surface area contributed by atoms with Crippen molar-refractivity contribution in [3.8, 4) is 39.6 Å². The van der Waals surface area contributed by atoms with Gasteiger partial charge in [-0.05, 0) is 52.4 Å². The predicted octanol–water partition coefficient (Wildman–Crippen LogP) is 9.90. The normalized spacial score (nSPS) is 15.7. The van der Waals surface area contributed by atoms with E-state index in [1.54, 1.807) is 24.7 Å². The molecule has 0 bridgehead atoms. The van der Waals surface area contributed by atoms with Crippen LogP contribution >= 0.6 is 0 Å². The number of benzene rings is 5. The van der Waals surface area contributed by atoms with E-state index in [1.807, 2.05) is 96.5 Å². The van der Waals surface area contributed by atoms with Crippen molar-refractivity contribution in [2.45, 2.75) is 6.92 Å². The van der Waals surface area contributed by atoms with Crippen LogP contribution in [0.4, 0.5) is 0 Å². The summed E-state index contributed by atoms with van der Waals surface area (Å²) in [5, 5.41) is 2.06. The van der Waals surface area contributed by atoms with Gasteiger partial charge in [-0.25, -0.2) is 4.98 Å². The molecule has 0 fully saturated rings. The van der Waals surface area contributed by atoms with Crippen LogP contribution in [0.1, 0.15) is 18.0 Å². The molecule has 0 saturated heterocycles. The SMILES string of the molecule is [2H]c1c([2H])c([2H])c(-c2ccc(-c3cnc(-n4c5[c-]c(Oc6[c-]c(C7=COC8=C9OC=CN9[CH-]N78)ccc6)ccc5c5ccccc54)cc3C)cc2)c([2H])c1[2H].[Pt]. The molecule has 10 rings (SSSR count). The number of rotatable bonds is 6. The summed E-state index contributed by atoms with van der Waals surface area (Å²) in [4.78, 5) is 8.70. The Morgan fingerprint density at radius 1 is 0.804 bits per heavy atom. The van der Waals surface area contributed by atoms with Crippen LogP contribution < -0.4 is 4.74 Å². The zero-order chi connectivity index (χ0) is 37.5. The summed E-state index contributed by atoms with van der Waals surface area (Å²) in [7, 11) is 0. The van der Waals surface area contributed by atoms with Gasteiger partial charge in [0.1, 0.15) is 12.1 Å². The van der Waals surface area contributed by atoms with Crippen molar-refractivity contribution in [3.05, 3.63) is 182 Å². The van der Waals surface area contributed by atoms with Crippen molar-refractivity contribution >= 4 is 27.5 Å². The third-order valence-corrected chi connectivity index (χ3v) is 8.95. The molecule has 0 radical (unpaired) electrons. The fourth-order valence-electron chi connectivity index (χ4n) is 6.58. The van der Waals surface area contributed by atoms with E-state index in [0.717, 1.165) is 49.8 Å². The number of fused-ring (bicyclic) bond motifs is 5. The summed E-state index contributed by atoms with van der Waals surface area (Å²) in [5.41, 5.74) is 6.85. The van der Waals surface area contributed by atoms with Crippen molar-refractivity contribution in [2.24, 2.45) is 0 Å². The van der Waals surface area contributed by atoms with Gasteiger partial charge in [-0.2, -0.15) is 6.07 Å². The molecule has 0 amide bonds. The number of aromatic nitrogens is 2. The van der Waals surface area contributed by atoms with Gasteiger partial charge in [-0.3, -0.25) is 0 Å². The standard InChI is InChI=1S/C43H27N4O3.Pt/c1-28-22-41(44-25-37(28)31-16-14-30(15-17-31)29-8-3-2-4-9-29)47-38-13-6-5-12-35(38)36-19-18-34(24-39(36)47)50-33-11-7-10-32(23-33)40-26-49-43-42-45(20-21-48-42)27-46(40)43;/h2-22,25-27H,1H3;/q-3;/i2D,3D,4D,8D,9D;. The summed E-state index contributed by atoms with van der Waals surface area (Å²) < 4.78 is 60.6. The third kappa shape index (κ3) is 5.20. The summed E-state index contributed by atoms with van der Waals surface area (Å²) in [6.45, 7) is 3.91. The van der Waals surface area contributed by atoms with E-state index in [-0.39, 0.29) is 50.8 Å². The van der Waals surface area contributed by atoms with Crippen LogP contribution in [0, 0.1) is 25.7 Å². The molecule has 5 heterocycles. The molecule has 0 aliphatic carbocycles. The maximum Gasteiger partial charge on any atom is 0.229 e. The first-order chi connectivity index (χ1) is 26.7. The molecular weight excluding hydrogens is 816 g/mol. The van der Waals surface area contributed by atoms with Gasteiger partial charge < -0.3 is 28.6 Å². The first-order valence-electron chi connectivity index (χ1n) is 18.4. The number of aryl methyl sites for hydroxylation is 1. The van der Waals surface area contributed by atoms with Crippen LogP contribution in [0.25, 0.3) is 55.6 Å². The van der Waals surface area contributed by atoms with E-state index >= 15 is 0 Å². The van der Waals surface area contributed by atoms with E-state index in [9.17, 15) is 0 Å². The molecule has 0 N–H and O–H groups in total. The first kappa shape index (κ1) is 25.9. The van der Waals surface area contributed by atoms with E-state index in [4.69, 9.17) is 26.0 Å². The van der Waals surface area contributed by atoms with Gasteiger partial charge in [-0.15, -0.1) is 48.0 Å². The molecule has 0 unspecified atom stereocenters. The second kappa shape index (κ2) is 12.4. The predicted molar refractivity (Wildman–Crippen MR) is 193 cm³/mol. The summed E-state index contributed by atoms with van der Waals surface area (Å²) in [6, 6.07) is 32.5. The average Bonchev–Trinajstić information content (AvgIpc) is 3.98. The molecule has 51 heavy (non-hydrogen) atoms. The number of pyridine rings is 1. The molecule has 3 aliphatic heterocycles. The molecule has 0 atom stereocenters. The fraction of sp³-hybridized carbons (Fsp3) is 0.0233. The number of hydrogen-bond donors (Lipinski definition) is 0. The number of ether oxygens (including phenoxy) is 3. The van der Waals surface area contributed by atoms with Gasteiger partial charge in [-0.1, -0.05) is 84.3 Å². The molecule has 8 heteroatoms. The summed E-state index contributed by atoms with van der Waals surface area (Å²) >= 11 is 0. The second-order valence-electron chi connectivity index (χ2n) is 11.9. The van der Waals surface area contributed by atoms with Crippen LogP contribution in [0.5, 0.6) is 11.5 Å². The quantitative estimate of drug-likeness (QED) is 0.156. The molecule has 250 valence electrons. The Labute approximate surface area is 316 Å². The van der Waals surface area contributed by atoms with Gasteiger partial charge in [0.2, 0.25) is 11.8 Å². The molecule has 7 nitrogen and oxygen atoms in total. The van der Waals surface area contributed by atoms with E-state index in [0.29, 0.717) is 34.6 Å². The van der Waals surface area contributed by atoms with Crippen molar-refractivity contribution in [1.82, 2.24) is 19.4 Å². The summed E-state index contributed by atoms with van der Waals surface area (Å²) in [5.74, 6) is 2.95. The zero-order valence-electron chi connectivity index (χ0n) is 31.8. The molecule has 0 saturated carbocycles. The Bertz CT molecular complexity index is 2840. The average molecular weight is 848 g/mol. The third-order valence-electron chi connectivity index (χ3n) is 8.95. The molecule has 0 spiro atoms. The van der Waals surface area contributed by atoms with Crippen LogP contribution in [-0.2, 0) is 30.5 Å². The van der Waals surface area contributed by atoms with E-state index in [1.165, 1.54) is 0 Å². The van der Waals surface area contributed by atoms with E-state index in [2.05, 4.69) is 28.8 Å². The molecule has 2 aromatic heterocycles. The van der Waals surface area contributed by atoms with Crippen molar-refractivity contribution in [2.75, 3.05) is 0 Å². The monoisotopic (exact) mass is 847 g/mol. The maximum absolute atomic E-state index is 8.37. The Morgan fingerprint density at radius 2 is 1.63 bits per heavy atom. The maximum atomic E-state index is 8.37. The minimum Gasteiger partial charge on any atom is -0.503 e. The molecule has 3 aliphatic rings. The van der Waals surface area contributed by atoms with E-state index < -0.39 is 6.04 Å². The zero-order valence-corrected chi connectivity index (χ0v) is 29.1. The summed E-state index contributed by atoms with van der Waals surface area (Å²) in [6.07, 6.45) is 6.93. The first-order valence-corrected chi connectivity index (χ1v) is 15.9. The topological polar surface area (TPSA) is 52.0 Å². The van der Waals surface area contributed by atoms with Gasteiger partial charge in [0.05, 0.1) is 13.1 Å². The minimum atomic E-state index is -0.411. The van der Waals surface area contributed by atoms with Crippen LogP contribution in [0.3, 0.4) is 0 Å². The van der Waals surface area contributed by atoms with Crippen molar-refractivity contribution < 1.29 is 42.1 Å². The number of para-hydroxylation sites is 1. The fourth-order valence-corrected chi connectivity index (χ4v) is 6.58. The smallest absolute Gasteiger partial charge is 0.229 e. The molecule has 5 aromatic carbocycles. The van der Waals surface area contributed by atoms with Crippen LogP contribution in [0.2, 0.25) is 0 Å². The van der Waals surface area contributed by atoms with Gasteiger partial charge in [0.15, 0.2) is 0 Å². The molecule has 7 aromatic rings. The largest absolute Gasteiger partial charge is 0.503 e. The Hall–Kier alpha value is -6.04. The van der Waals surface area contributed by atoms with Crippen molar-refractivity contribution in [3.63, 3.8) is 0 Å². The van der Waals surface area contributed by atoms with Crippen molar-refractivity contribution in [1.29, 1.82) is 0 Å². The second-order valence-corrected chi connectivity index (χ2v) is 11.9. The number of hydrogen-bond acceptors (Lipinski definition) is 6. The number of nitrogens with zero attached hydrogens (tertiary/aromatic N) is 4. The molecular formula is C43H27N4O3Pt-3.